The summed E-state index contributed by atoms with van der Waals surface area (Å²) in [5, 5.41) is 10.6. The van der Waals surface area contributed by atoms with Crippen LogP contribution in [-0.2, 0) is 0 Å². The van der Waals surface area contributed by atoms with E-state index in [2.05, 4.69) is 9.80 Å². The van der Waals surface area contributed by atoms with E-state index in [0.29, 0.717) is 6.04 Å². The molecule has 0 N–H and O–H groups in total. The van der Waals surface area contributed by atoms with Gasteiger partial charge in [0.25, 0.3) is 0 Å². The van der Waals surface area contributed by atoms with Gasteiger partial charge in [0.1, 0.15) is 0 Å². The van der Waals surface area contributed by atoms with Gasteiger partial charge >= 0.3 is 5.69 Å². The normalized spacial score (nSPS) is 20.9. The van der Waals surface area contributed by atoms with Crippen LogP contribution in [0.25, 0.3) is 0 Å². The Bertz CT molecular complexity index is 524. The number of halogens is 1. The lowest BCUT2D eigenvalue weighted by Gasteiger charge is -2.37. The minimum atomic E-state index is -0.751. The highest BCUT2D eigenvalue weighted by Gasteiger charge is 2.27. The number of benzene rings is 1. The maximum absolute atomic E-state index is 13.7. The number of nitrogens with zero attached hydrogens (tertiary/aromatic N) is 3. The van der Waals surface area contributed by atoms with Gasteiger partial charge in [0.15, 0.2) is 0 Å². The first-order valence-electron chi connectivity index (χ1n) is 7.58. The van der Waals surface area contributed by atoms with E-state index in [-0.39, 0.29) is 0 Å². The SMILES string of the molecule is O=[N+]([O-])c1ccc(N2CCC(N3CCCC3)CC2)cc1F. The molecule has 2 fully saturated rings. The Labute approximate surface area is 123 Å². The van der Waals surface area contributed by atoms with E-state index in [0.717, 1.165) is 31.6 Å². The Morgan fingerprint density at radius 2 is 1.81 bits per heavy atom. The lowest BCUT2D eigenvalue weighted by molar-refractivity contribution is -0.387. The number of nitro groups is 1. The fourth-order valence-corrected chi connectivity index (χ4v) is 3.44. The maximum atomic E-state index is 13.7. The summed E-state index contributed by atoms with van der Waals surface area (Å²) in [7, 11) is 0. The zero-order valence-corrected chi connectivity index (χ0v) is 12.0. The van der Waals surface area contributed by atoms with Crippen molar-refractivity contribution >= 4 is 11.4 Å². The van der Waals surface area contributed by atoms with Crippen LogP contribution in [0.5, 0.6) is 0 Å². The monoisotopic (exact) mass is 293 g/mol. The van der Waals surface area contributed by atoms with Crippen molar-refractivity contribution in [3.63, 3.8) is 0 Å². The number of rotatable bonds is 3. The second kappa shape index (κ2) is 5.97. The molecule has 114 valence electrons. The molecule has 1 aromatic carbocycles. The van der Waals surface area contributed by atoms with Crippen molar-refractivity contribution in [3.05, 3.63) is 34.1 Å². The smallest absolute Gasteiger partial charge is 0.304 e. The molecule has 1 aromatic rings. The molecule has 0 spiro atoms. The maximum Gasteiger partial charge on any atom is 0.304 e. The second-order valence-electron chi connectivity index (χ2n) is 5.85. The Balaban J connectivity index is 1.64. The van der Waals surface area contributed by atoms with Crippen LogP contribution in [0.3, 0.4) is 0 Å². The Kier molecular flexibility index (Phi) is 4.05. The van der Waals surface area contributed by atoms with E-state index < -0.39 is 16.4 Å². The largest absolute Gasteiger partial charge is 0.371 e. The van der Waals surface area contributed by atoms with Gasteiger partial charge in [-0.25, -0.2) is 0 Å². The molecule has 0 unspecified atom stereocenters. The molecule has 2 aliphatic heterocycles. The molecule has 0 aliphatic carbocycles. The van der Waals surface area contributed by atoms with Crippen LogP contribution in [0.1, 0.15) is 25.7 Å². The van der Waals surface area contributed by atoms with Crippen LogP contribution in [0.4, 0.5) is 15.8 Å². The van der Waals surface area contributed by atoms with Crippen LogP contribution in [0.15, 0.2) is 18.2 Å². The molecule has 2 saturated heterocycles. The average Bonchev–Trinajstić information content (AvgIpc) is 3.01. The van der Waals surface area contributed by atoms with Crippen molar-refractivity contribution in [3.8, 4) is 0 Å². The Morgan fingerprint density at radius 1 is 1.14 bits per heavy atom. The lowest BCUT2D eigenvalue weighted by Crippen LogP contribution is -2.43. The molecule has 5 nitrogen and oxygen atoms in total. The van der Waals surface area contributed by atoms with E-state index in [9.17, 15) is 14.5 Å². The fourth-order valence-electron chi connectivity index (χ4n) is 3.44. The van der Waals surface area contributed by atoms with Crippen molar-refractivity contribution in [2.75, 3.05) is 31.1 Å². The predicted molar refractivity (Wildman–Crippen MR) is 79.1 cm³/mol. The molecular weight excluding hydrogens is 273 g/mol. The lowest BCUT2D eigenvalue weighted by atomic mass is 10.0. The van der Waals surface area contributed by atoms with E-state index in [4.69, 9.17) is 0 Å². The van der Waals surface area contributed by atoms with Gasteiger partial charge < -0.3 is 9.80 Å². The van der Waals surface area contributed by atoms with Crippen molar-refractivity contribution in [2.45, 2.75) is 31.7 Å². The van der Waals surface area contributed by atoms with Crippen LogP contribution >= 0.6 is 0 Å². The average molecular weight is 293 g/mol. The first-order chi connectivity index (χ1) is 10.1. The van der Waals surface area contributed by atoms with Gasteiger partial charge in [0.05, 0.1) is 4.92 Å². The topological polar surface area (TPSA) is 49.6 Å². The molecule has 2 aliphatic rings. The number of piperidine rings is 1. The third-order valence-electron chi connectivity index (χ3n) is 4.61. The summed E-state index contributed by atoms with van der Waals surface area (Å²) in [6.45, 7) is 4.19. The summed E-state index contributed by atoms with van der Waals surface area (Å²) in [5.41, 5.74) is 0.295. The van der Waals surface area contributed by atoms with Crippen LogP contribution in [-0.4, -0.2) is 42.0 Å². The third-order valence-corrected chi connectivity index (χ3v) is 4.61. The summed E-state index contributed by atoms with van der Waals surface area (Å²) >= 11 is 0. The first kappa shape index (κ1) is 14.3. The molecule has 0 radical (unpaired) electrons. The van der Waals surface area contributed by atoms with Crippen molar-refractivity contribution in [1.29, 1.82) is 0 Å². The van der Waals surface area contributed by atoms with Crippen molar-refractivity contribution in [2.24, 2.45) is 0 Å². The summed E-state index contributed by atoms with van der Waals surface area (Å²) < 4.78 is 13.7. The Hall–Kier alpha value is -1.69. The minimum absolute atomic E-state index is 0.453. The molecule has 0 atom stereocenters. The van der Waals surface area contributed by atoms with E-state index >= 15 is 0 Å². The summed E-state index contributed by atoms with van der Waals surface area (Å²) in [6, 6.07) is 4.84. The van der Waals surface area contributed by atoms with Gasteiger partial charge in [-0.3, -0.25) is 10.1 Å². The van der Waals surface area contributed by atoms with Crippen LogP contribution in [0.2, 0.25) is 0 Å². The zero-order valence-electron chi connectivity index (χ0n) is 12.0. The Morgan fingerprint density at radius 3 is 2.38 bits per heavy atom. The standard InChI is InChI=1S/C15H20FN3O2/c16-14-11-13(3-4-15(14)19(20)21)18-9-5-12(6-10-18)17-7-1-2-8-17/h3-4,11-12H,1-2,5-10H2. The molecule has 0 saturated carbocycles. The quantitative estimate of drug-likeness (QED) is 0.635. The van der Waals surface area contributed by atoms with Crippen molar-refractivity contribution < 1.29 is 9.31 Å². The highest BCUT2D eigenvalue weighted by Crippen LogP contribution is 2.28. The predicted octanol–water partition coefficient (Wildman–Crippen LogP) is 2.80. The molecule has 6 heteroatoms. The van der Waals surface area contributed by atoms with Gasteiger partial charge in [-0.05, 0) is 44.8 Å². The number of likely N-dealkylation sites (tertiary alicyclic amines) is 1. The van der Waals surface area contributed by atoms with Gasteiger partial charge in [-0.1, -0.05) is 0 Å². The molecule has 3 rings (SSSR count). The second-order valence-corrected chi connectivity index (χ2v) is 5.85. The molecule has 0 amide bonds. The number of anilines is 1. The summed E-state index contributed by atoms with van der Waals surface area (Å²) in [5.74, 6) is -0.751. The van der Waals surface area contributed by atoms with Gasteiger partial charge in [0.2, 0.25) is 5.82 Å². The van der Waals surface area contributed by atoms with Crippen LogP contribution < -0.4 is 4.90 Å². The number of nitro benzene ring substituents is 1. The van der Waals surface area contributed by atoms with Gasteiger partial charge in [-0.2, -0.15) is 4.39 Å². The summed E-state index contributed by atoms with van der Waals surface area (Å²) in [6.07, 6.45) is 4.76. The molecule has 0 aromatic heterocycles. The van der Waals surface area contributed by atoms with Gasteiger partial charge in [-0.15, -0.1) is 0 Å². The number of hydrogen-bond acceptors (Lipinski definition) is 4. The highest BCUT2D eigenvalue weighted by molar-refractivity contribution is 5.52. The van der Waals surface area contributed by atoms with E-state index in [1.54, 1.807) is 6.07 Å². The van der Waals surface area contributed by atoms with E-state index in [1.807, 2.05) is 0 Å². The van der Waals surface area contributed by atoms with Crippen LogP contribution in [0, 0.1) is 15.9 Å². The third kappa shape index (κ3) is 3.00. The molecular formula is C15H20FN3O2. The fraction of sp³-hybridized carbons (Fsp3) is 0.600. The molecule has 21 heavy (non-hydrogen) atoms. The van der Waals surface area contributed by atoms with E-state index in [1.165, 1.54) is 38.1 Å². The molecule has 0 bridgehead atoms. The van der Waals surface area contributed by atoms with Gasteiger partial charge in [0, 0.05) is 37.0 Å². The zero-order chi connectivity index (χ0) is 14.8. The summed E-state index contributed by atoms with van der Waals surface area (Å²) in [4.78, 5) is 14.7. The minimum Gasteiger partial charge on any atom is -0.371 e. The molecule has 2 heterocycles. The highest BCUT2D eigenvalue weighted by atomic mass is 19.1. The number of hydrogen-bond donors (Lipinski definition) is 0. The first-order valence-corrected chi connectivity index (χ1v) is 7.58. The van der Waals surface area contributed by atoms with Crippen molar-refractivity contribution in [1.82, 2.24) is 4.90 Å².